The summed E-state index contributed by atoms with van der Waals surface area (Å²) in [7, 11) is 1.60. The van der Waals surface area contributed by atoms with Crippen LogP contribution in [0.25, 0.3) is 11.6 Å². The van der Waals surface area contributed by atoms with Crippen molar-refractivity contribution < 1.29 is 9.66 Å². The molecule has 134 valence electrons. The van der Waals surface area contributed by atoms with Gasteiger partial charge in [0, 0.05) is 27.7 Å². The lowest BCUT2D eigenvalue weighted by atomic mass is 9.85. The van der Waals surface area contributed by atoms with Crippen molar-refractivity contribution in [2.45, 2.75) is 26.2 Å². The van der Waals surface area contributed by atoms with Gasteiger partial charge < -0.3 is 4.74 Å². The number of non-ortho nitro benzene ring substituents is 1. The number of allylic oxidation sites excluding steroid dienone is 1. The van der Waals surface area contributed by atoms with Crippen LogP contribution in [0, 0.1) is 21.4 Å². The van der Waals surface area contributed by atoms with E-state index in [1.54, 1.807) is 25.3 Å². The van der Waals surface area contributed by atoms with E-state index in [0.29, 0.717) is 16.9 Å². The zero-order valence-corrected chi connectivity index (χ0v) is 16.6. The Morgan fingerprint density at radius 3 is 2.35 bits per heavy atom. The van der Waals surface area contributed by atoms with Gasteiger partial charge >= 0.3 is 0 Å². The molecular weight excluding hydrogens is 396 g/mol. The second kappa shape index (κ2) is 7.71. The summed E-state index contributed by atoms with van der Waals surface area (Å²) in [5.74, 6) is 0.704. The lowest BCUT2D eigenvalue weighted by Gasteiger charge is -2.24. The number of nitrogens with zero attached hydrogens (tertiary/aromatic N) is 2. The quantitative estimate of drug-likeness (QED) is 0.277. The highest BCUT2D eigenvalue weighted by atomic mass is 79.9. The molecule has 0 aliphatic heterocycles. The number of nitro benzene ring substituents is 1. The largest absolute Gasteiger partial charge is 0.496 e. The minimum atomic E-state index is -0.466. The summed E-state index contributed by atoms with van der Waals surface area (Å²) < 4.78 is 6.51. The van der Waals surface area contributed by atoms with Gasteiger partial charge in [-0.3, -0.25) is 10.1 Å². The van der Waals surface area contributed by atoms with Gasteiger partial charge in [0.05, 0.1) is 23.7 Å². The normalized spacial score (nSPS) is 11.8. The highest BCUT2D eigenvalue weighted by Crippen LogP contribution is 2.38. The zero-order chi connectivity index (χ0) is 19.5. The number of halogens is 1. The first kappa shape index (κ1) is 19.7. The Morgan fingerprint density at radius 2 is 1.88 bits per heavy atom. The molecule has 5 nitrogen and oxygen atoms in total. The van der Waals surface area contributed by atoms with Crippen LogP contribution >= 0.6 is 15.9 Å². The average molecular weight is 415 g/mol. The number of ether oxygens (including phenoxy) is 1. The minimum Gasteiger partial charge on any atom is -0.496 e. The van der Waals surface area contributed by atoms with Crippen LogP contribution in [0.5, 0.6) is 5.75 Å². The first-order valence-electron chi connectivity index (χ1n) is 7.92. The number of hydrogen-bond acceptors (Lipinski definition) is 4. The molecule has 0 bridgehead atoms. The van der Waals surface area contributed by atoms with Crippen molar-refractivity contribution in [3.8, 4) is 11.8 Å². The Labute approximate surface area is 161 Å². The third-order valence-corrected chi connectivity index (χ3v) is 4.36. The molecule has 0 amide bonds. The summed E-state index contributed by atoms with van der Waals surface area (Å²) in [4.78, 5) is 10.3. The van der Waals surface area contributed by atoms with Gasteiger partial charge in [0.25, 0.3) is 5.69 Å². The summed E-state index contributed by atoms with van der Waals surface area (Å²) in [6, 6.07) is 12.0. The molecule has 0 saturated carbocycles. The van der Waals surface area contributed by atoms with Crippen molar-refractivity contribution in [2.24, 2.45) is 0 Å². The van der Waals surface area contributed by atoms with E-state index in [-0.39, 0.29) is 11.1 Å². The van der Waals surface area contributed by atoms with Crippen LogP contribution in [-0.4, -0.2) is 12.0 Å². The molecule has 0 aliphatic rings. The van der Waals surface area contributed by atoms with E-state index < -0.39 is 4.92 Å². The number of rotatable bonds is 4. The van der Waals surface area contributed by atoms with Gasteiger partial charge in [-0.1, -0.05) is 36.7 Å². The first-order chi connectivity index (χ1) is 12.2. The molecular formula is C20H19BrN2O3. The zero-order valence-electron chi connectivity index (χ0n) is 15.0. The van der Waals surface area contributed by atoms with Gasteiger partial charge in [-0.05, 0) is 41.3 Å². The molecule has 0 unspecified atom stereocenters. The van der Waals surface area contributed by atoms with E-state index in [0.717, 1.165) is 15.6 Å². The Morgan fingerprint density at radius 1 is 1.27 bits per heavy atom. The topological polar surface area (TPSA) is 76.2 Å². The van der Waals surface area contributed by atoms with Gasteiger partial charge in [-0.25, -0.2) is 0 Å². The number of hydrogen-bond donors (Lipinski definition) is 0. The monoisotopic (exact) mass is 414 g/mol. The van der Waals surface area contributed by atoms with Crippen LogP contribution in [0.4, 0.5) is 5.69 Å². The Bertz CT molecular complexity index is 904. The molecule has 0 radical (unpaired) electrons. The summed E-state index contributed by atoms with van der Waals surface area (Å²) in [6.07, 6.45) is 1.74. The average Bonchev–Trinajstić information content (AvgIpc) is 2.58. The van der Waals surface area contributed by atoms with Crippen molar-refractivity contribution in [1.29, 1.82) is 5.26 Å². The van der Waals surface area contributed by atoms with Crippen LogP contribution < -0.4 is 4.74 Å². The van der Waals surface area contributed by atoms with E-state index >= 15 is 0 Å². The predicted octanol–water partition coefficient (Wildman–Crippen LogP) is 5.73. The second-order valence-electron chi connectivity index (χ2n) is 6.80. The fraction of sp³-hybridized carbons (Fsp3) is 0.250. The van der Waals surface area contributed by atoms with E-state index in [4.69, 9.17) is 4.74 Å². The molecule has 0 saturated heterocycles. The third kappa shape index (κ3) is 4.30. The minimum absolute atomic E-state index is 0.0129. The molecule has 26 heavy (non-hydrogen) atoms. The van der Waals surface area contributed by atoms with Gasteiger partial charge in [-0.2, -0.15) is 5.26 Å². The SMILES string of the molecule is COc1c(/C=C(\C#N)c2ccc([N+](=O)[O-])cc2)cc(Br)cc1C(C)(C)C. The maximum Gasteiger partial charge on any atom is 0.269 e. The van der Waals surface area contributed by atoms with Crippen molar-refractivity contribution >= 4 is 33.3 Å². The molecule has 0 N–H and O–H groups in total. The molecule has 0 atom stereocenters. The van der Waals surface area contributed by atoms with E-state index in [2.05, 4.69) is 42.8 Å². The lowest BCUT2D eigenvalue weighted by molar-refractivity contribution is -0.384. The van der Waals surface area contributed by atoms with Crippen molar-refractivity contribution in [3.05, 3.63) is 67.7 Å². The number of methoxy groups -OCH3 is 1. The molecule has 0 aliphatic carbocycles. The molecule has 0 fully saturated rings. The molecule has 2 aromatic carbocycles. The highest BCUT2D eigenvalue weighted by molar-refractivity contribution is 9.10. The maximum atomic E-state index is 10.8. The number of benzene rings is 2. The number of nitriles is 1. The van der Waals surface area contributed by atoms with Gasteiger partial charge in [0.1, 0.15) is 5.75 Å². The van der Waals surface area contributed by atoms with Gasteiger partial charge in [-0.15, -0.1) is 0 Å². The Kier molecular flexibility index (Phi) is 5.83. The Hall–Kier alpha value is -2.65. The van der Waals surface area contributed by atoms with Crippen LogP contribution in [0.2, 0.25) is 0 Å². The fourth-order valence-electron chi connectivity index (χ4n) is 2.61. The van der Waals surface area contributed by atoms with Crippen LogP contribution in [-0.2, 0) is 5.41 Å². The maximum absolute atomic E-state index is 10.8. The molecule has 6 heteroatoms. The van der Waals surface area contributed by atoms with Crippen LogP contribution in [0.15, 0.2) is 40.9 Å². The van der Waals surface area contributed by atoms with E-state index in [1.165, 1.54) is 12.1 Å². The summed E-state index contributed by atoms with van der Waals surface area (Å²) in [5, 5.41) is 20.4. The van der Waals surface area contributed by atoms with E-state index in [9.17, 15) is 15.4 Å². The molecule has 2 aromatic rings. The van der Waals surface area contributed by atoms with Gasteiger partial charge in [0.2, 0.25) is 0 Å². The standard InChI is InChI=1S/C20H19BrN2O3/c1-20(2,3)18-11-16(21)10-14(19(18)26-4)9-15(12-22)13-5-7-17(8-6-13)23(24)25/h5-11H,1-4H3/b15-9+. The first-order valence-corrected chi connectivity index (χ1v) is 8.71. The molecule has 0 aromatic heterocycles. The van der Waals surface area contributed by atoms with Crippen LogP contribution in [0.1, 0.15) is 37.5 Å². The van der Waals surface area contributed by atoms with Crippen LogP contribution in [0.3, 0.4) is 0 Å². The highest BCUT2D eigenvalue weighted by Gasteiger charge is 2.22. The second-order valence-corrected chi connectivity index (χ2v) is 7.72. The molecule has 0 spiro atoms. The fourth-order valence-corrected chi connectivity index (χ4v) is 3.08. The summed E-state index contributed by atoms with van der Waals surface area (Å²) >= 11 is 3.52. The predicted molar refractivity (Wildman–Crippen MR) is 106 cm³/mol. The molecule has 0 heterocycles. The lowest BCUT2D eigenvalue weighted by Crippen LogP contribution is -2.13. The van der Waals surface area contributed by atoms with Crippen molar-refractivity contribution in [1.82, 2.24) is 0 Å². The summed E-state index contributed by atoms with van der Waals surface area (Å²) in [5.41, 5.74) is 2.63. The number of nitro groups is 1. The van der Waals surface area contributed by atoms with Gasteiger partial charge in [0.15, 0.2) is 0 Å². The van der Waals surface area contributed by atoms with Crippen molar-refractivity contribution in [3.63, 3.8) is 0 Å². The third-order valence-electron chi connectivity index (χ3n) is 3.90. The summed E-state index contributed by atoms with van der Waals surface area (Å²) in [6.45, 7) is 6.27. The Balaban J connectivity index is 2.61. The van der Waals surface area contributed by atoms with Crippen molar-refractivity contribution in [2.75, 3.05) is 7.11 Å². The molecule has 2 rings (SSSR count). The van der Waals surface area contributed by atoms with E-state index in [1.807, 2.05) is 12.1 Å². The smallest absolute Gasteiger partial charge is 0.269 e.